The van der Waals surface area contributed by atoms with Crippen LogP contribution in [0.1, 0.15) is 5.56 Å². The van der Waals surface area contributed by atoms with Crippen LogP contribution in [0.5, 0.6) is 5.75 Å². The number of phenolic OH excluding ortho intramolecular Hbond substituents is 1. The number of anilines is 1. The smallest absolute Gasteiger partial charge is 0.120 e. The van der Waals surface area contributed by atoms with Crippen LogP contribution >= 0.6 is 0 Å². The number of nitrogens with two attached hydrogens (primary N) is 1. The first-order valence-electron chi connectivity index (χ1n) is 3.81. The van der Waals surface area contributed by atoms with E-state index in [4.69, 9.17) is 5.73 Å². The van der Waals surface area contributed by atoms with Crippen LogP contribution in [0, 0.1) is 0 Å². The quantitative estimate of drug-likeness (QED) is 0.509. The first-order valence-corrected chi connectivity index (χ1v) is 3.81. The van der Waals surface area contributed by atoms with E-state index in [1.807, 2.05) is 19.0 Å². The zero-order valence-electron chi connectivity index (χ0n) is 7.41. The molecule has 3 N–H and O–H groups in total. The van der Waals surface area contributed by atoms with Gasteiger partial charge in [0.15, 0.2) is 0 Å². The summed E-state index contributed by atoms with van der Waals surface area (Å²) in [6, 6.07) is 5.10. The second-order valence-corrected chi connectivity index (χ2v) is 3.13. The third kappa shape index (κ3) is 2.13. The van der Waals surface area contributed by atoms with Gasteiger partial charge in [-0.2, -0.15) is 0 Å². The molecule has 0 aliphatic heterocycles. The highest BCUT2D eigenvalue weighted by Crippen LogP contribution is 2.20. The van der Waals surface area contributed by atoms with Crippen molar-refractivity contribution in [2.24, 2.45) is 0 Å². The van der Waals surface area contributed by atoms with Crippen LogP contribution in [0.3, 0.4) is 0 Å². The molecule has 0 fully saturated rings. The average molecular weight is 166 g/mol. The van der Waals surface area contributed by atoms with Gasteiger partial charge in [-0.25, -0.2) is 0 Å². The molecule has 1 aromatic carbocycles. The van der Waals surface area contributed by atoms with Crippen molar-refractivity contribution in [3.8, 4) is 5.75 Å². The van der Waals surface area contributed by atoms with E-state index in [-0.39, 0.29) is 0 Å². The van der Waals surface area contributed by atoms with Crippen LogP contribution < -0.4 is 5.73 Å². The summed E-state index contributed by atoms with van der Waals surface area (Å²) in [5, 5.41) is 9.40. The van der Waals surface area contributed by atoms with Crippen molar-refractivity contribution >= 4 is 5.69 Å². The minimum absolute atomic E-state index is 0.304. The number of rotatable bonds is 2. The third-order valence-corrected chi connectivity index (χ3v) is 1.59. The van der Waals surface area contributed by atoms with Crippen LogP contribution in [-0.2, 0) is 6.54 Å². The number of nitrogens with zero attached hydrogens (tertiary/aromatic N) is 1. The van der Waals surface area contributed by atoms with Gasteiger partial charge in [0.2, 0.25) is 0 Å². The summed E-state index contributed by atoms with van der Waals surface area (Å²) in [4.78, 5) is 1.98. The van der Waals surface area contributed by atoms with Crippen molar-refractivity contribution in [3.05, 3.63) is 23.8 Å². The number of phenols is 1. The SMILES string of the molecule is CN(C)Cc1cc(N)ccc1O. The van der Waals surface area contributed by atoms with Crippen molar-refractivity contribution in [1.29, 1.82) is 0 Å². The molecule has 0 atom stereocenters. The van der Waals surface area contributed by atoms with Gasteiger partial charge in [-0.15, -0.1) is 0 Å². The number of aromatic hydroxyl groups is 1. The molecule has 66 valence electrons. The predicted octanol–water partition coefficient (Wildman–Crippen LogP) is 1.04. The summed E-state index contributed by atoms with van der Waals surface area (Å²) in [5.74, 6) is 0.304. The minimum Gasteiger partial charge on any atom is -0.508 e. The largest absolute Gasteiger partial charge is 0.508 e. The Kier molecular flexibility index (Phi) is 2.55. The summed E-state index contributed by atoms with van der Waals surface area (Å²) < 4.78 is 0. The maximum Gasteiger partial charge on any atom is 0.120 e. The fourth-order valence-corrected chi connectivity index (χ4v) is 1.07. The van der Waals surface area contributed by atoms with Gasteiger partial charge in [0.25, 0.3) is 0 Å². The fourth-order valence-electron chi connectivity index (χ4n) is 1.07. The van der Waals surface area contributed by atoms with E-state index in [1.54, 1.807) is 18.2 Å². The summed E-state index contributed by atoms with van der Waals surface area (Å²) in [6.07, 6.45) is 0. The van der Waals surface area contributed by atoms with Gasteiger partial charge >= 0.3 is 0 Å². The van der Waals surface area contributed by atoms with Crippen LogP contribution in [0.15, 0.2) is 18.2 Å². The van der Waals surface area contributed by atoms with E-state index in [0.717, 1.165) is 5.56 Å². The van der Waals surface area contributed by atoms with E-state index >= 15 is 0 Å². The summed E-state index contributed by atoms with van der Waals surface area (Å²) >= 11 is 0. The predicted molar refractivity (Wildman–Crippen MR) is 49.9 cm³/mol. The molecule has 0 radical (unpaired) electrons. The fraction of sp³-hybridized carbons (Fsp3) is 0.333. The van der Waals surface area contributed by atoms with Gasteiger partial charge in [-0.1, -0.05) is 0 Å². The molecule has 0 aliphatic rings. The molecule has 0 aliphatic carbocycles. The van der Waals surface area contributed by atoms with Crippen LogP contribution in [0.4, 0.5) is 5.69 Å². The molecule has 0 heterocycles. The standard InChI is InChI=1S/C9H14N2O/c1-11(2)6-7-5-8(10)3-4-9(7)12/h3-5,12H,6,10H2,1-2H3. The zero-order valence-corrected chi connectivity index (χ0v) is 7.41. The molecule has 0 unspecified atom stereocenters. The van der Waals surface area contributed by atoms with Crippen LogP contribution in [0.25, 0.3) is 0 Å². The van der Waals surface area contributed by atoms with Crippen molar-refractivity contribution in [1.82, 2.24) is 4.90 Å². The monoisotopic (exact) mass is 166 g/mol. The van der Waals surface area contributed by atoms with E-state index in [2.05, 4.69) is 0 Å². The van der Waals surface area contributed by atoms with Crippen molar-refractivity contribution < 1.29 is 5.11 Å². The highest BCUT2D eigenvalue weighted by Gasteiger charge is 2.01. The Morgan fingerprint density at radius 1 is 1.42 bits per heavy atom. The normalized spacial score (nSPS) is 10.6. The third-order valence-electron chi connectivity index (χ3n) is 1.59. The van der Waals surface area contributed by atoms with Gasteiger partial charge in [0, 0.05) is 17.8 Å². The lowest BCUT2D eigenvalue weighted by molar-refractivity contribution is 0.386. The lowest BCUT2D eigenvalue weighted by Gasteiger charge is -2.11. The van der Waals surface area contributed by atoms with Crippen molar-refractivity contribution in [3.63, 3.8) is 0 Å². The highest BCUT2D eigenvalue weighted by atomic mass is 16.3. The van der Waals surface area contributed by atoms with E-state index in [9.17, 15) is 5.11 Å². The maximum atomic E-state index is 9.40. The molecule has 0 saturated carbocycles. The van der Waals surface area contributed by atoms with Crippen LogP contribution in [0.2, 0.25) is 0 Å². The maximum absolute atomic E-state index is 9.40. The first kappa shape index (κ1) is 8.87. The van der Waals surface area contributed by atoms with Gasteiger partial charge in [0.05, 0.1) is 0 Å². The topological polar surface area (TPSA) is 49.5 Å². The molecule has 0 aromatic heterocycles. The Balaban J connectivity index is 2.90. The molecule has 3 nitrogen and oxygen atoms in total. The molecule has 12 heavy (non-hydrogen) atoms. The number of hydrogen-bond donors (Lipinski definition) is 2. The van der Waals surface area contributed by atoms with E-state index in [0.29, 0.717) is 18.0 Å². The van der Waals surface area contributed by atoms with Crippen molar-refractivity contribution in [2.75, 3.05) is 19.8 Å². The lowest BCUT2D eigenvalue weighted by atomic mass is 10.2. The zero-order chi connectivity index (χ0) is 9.14. The summed E-state index contributed by atoms with van der Waals surface area (Å²) in [7, 11) is 3.89. The second kappa shape index (κ2) is 3.45. The lowest BCUT2D eigenvalue weighted by Crippen LogP contribution is -2.10. The Bertz CT molecular complexity index is 271. The van der Waals surface area contributed by atoms with E-state index < -0.39 is 0 Å². The Morgan fingerprint density at radius 2 is 2.08 bits per heavy atom. The second-order valence-electron chi connectivity index (χ2n) is 3.13. The van der Waals surface area contributed by atoms with Crippen LogP contribution in [-0.4, -0.2) is 24.1 Å². The molecule has 0 amide bonds. The van der Waals surface area contributed by atoms with E-state index in [1.165, 1.54) is 0 Å². The molecular formula is C9H14N2O. The number of hydrogen-bond acceptors (Lipinski definition) is 3. The molecule has 0 bridgehead atoms. The highest BCUT2D eigenvalue weighted by molar-refractivity contribution is 5.47. The molecule has 0 saturated heterocycles. The Labute approximate surface area is 72.4 Å². The summed E-state index contributed by atoms with van der Waals surface area (Å²) in [5.41, 5.74) is 7.12. The van der Waals surface area contributed by atoms with Gasteiger partial charge < -0.3 is 15.7 Å². The molecule has 3 heteroatoms. The van der Waals surface area contributed by atoms with Crippen molar-refractivity contribution in [2.45, 2.75) is 6.54 Å². The Morgan fingerprint density at radius 3 is 2.67 bits per heavy atom. The average Bonchev–Trinajstić information content (AvgIpc) is 1.96. The number of benzene rings is 1. The molecular weight excluding hydrogens is 152 g/mol. The molecule has 1 aromatic rings. The summed E-state index contributed by atoms with van der Waals surface area (Å²) in [6.45, 7) is 0.705. The minimum atomic E-state index is 0.304. The molecule has 0 spiro atoms. The first-order chi connectivity index (χ1) is 5.59. The van der Waals surface area contributed by atoms with Gasteiger partial charge in [0.1, 0.15) is 5.75 Å². The van der Waals surface area contributed by atoms with Gasteiger partial charge in [-0.3, -0.25) is 0 Å². The number of nitrogen functional groups attached to an aromatic ring is 1. The Hall–Kier alpha value is -1.22. The van der Waals surface area contributed by atoms with Gasteiger partial charge in [-0.05, 0) is 32.3 Å². The molecule has 1 rings (SSSR count).